The lowest BCUT2D eigenvalue weighted by Gasteiger charge is -2.26. The SMILES string of the molecule is CCC1(CC)CC(S(=O)(=O)C(C)(C)C)CO1. The maximum absolute atomic E-state index is 12.3. The monoisotopic (exact) mass is 248 g/mol. The molecule has 1 heterocycles. The molecule has 1 aliphatic rings. The molecular formula is C12H24O3S. The average Bonchev–Trinajstić information content (AvgIpc) is 2.61. The van der Waals surface area contributed by atoms with Gasteiger partial charge in [-0.05, 0) is 40.0 Å². The molecule has 1 unspecified atom stereocenters. The first-order chi connectivity index (χ1) is 7.18. The molecule has 0 aromatic heterocycles. The van der Waals surface area contributed by atoms with Crippen molar-refractivity contribution in [1.82, 2.24) is 0 Å². The first-order valence-electron chi connectivity index (χ1n) is 6.06. The fraction of sp³-hybridized carbons (Fsp3) is 1.00. The van der Waals surface area contributed by atoms with E-state index < -0.39 is 14.6 Å². The van der Waals surface area contributed by atoms with E-state index in [-0.39, 0.29) is 10.9 Å². The van der Waals surface area contributed by atoms with E-state index >= 15 is 0 Å². The Kier molecular flexibility index (Phi) is 3.75. The van der Waals surface area contributed by atoms with Gasteiger partial charge in [0, 0.05) is 0 Å². The second-order valence-corrected chi connectivity index (χ2v) is 8.67. The van der Waals surface area contributed by atoms with Crippen LogP contribution in [0, 0.1) is 0 Å². The number of ether oxygens (including phenoxy) is 1. The Balaban J connectivity index is 2.89. The zero-order valence-corrected chi connectivity index (χ0v) is 11.9. The molecule has 0 radical (unpaired) electrons. The van der Waals surface area contributed by atoms with Crippen molar-refractivity contribution in [3.05, 3.63) is 0 Å². The third-order valence-electron chi connectivity index (χ3n) is 3.76. The predicted octanol–water partition coefficient (Wildman–Crippen LogP) is 2.55. The van der Waals surface area contributed by atoms with Crippen LogP contribution in [-0.4, -0.2) is 30.6 Å². The second-order valence-electron chi connectivity index (χ2n) is 5.68. The molecule has 96 valence electrons. The van der Waals surface area contributed by atoms with Crippen molar-refractivity contribution in [2.24, 2.45) is 0 Å². The summed E-state index contributed by atoms with van der Waals surface area (Å²) in [7, 11) is -3.09. The number of rotatable bonds is 3. The summed E-state index contributed by atoms with van der Waals surface area (Å²) in [6.07, 6.45) is 2.43. The summed E-state index contributed by atoms with van der Waals surface area (Å²) in [4.78, 5) is 0. The van der Waals surface area contributed by atoms with Crippen molar-refractivity contribution in [3.8, 4) is 0 Å². The van der Waals surface area contributed by atoms with Gasteiger partial charge in [0.15, 0.2) is 9.84 Å². The Bertz CT molecular complexity index is 334. The van der Waals surface area contributed by atoms with E-state index in [1.54, 1.807) is 20.8 Å². The molecule has 1 saturated heterocycles. The smallest absolute Gasteiger partial charge is 0.160 e. The Morgan fingerprint density at radius 3 is 2.06 bits per heavy atom. The first-order valence-corrected chi connectivity index (χ1v) is 7.60. The summed E-state index contributed by atoms with van der Waals surface area (Å²) in [6, 6.07) is 0. The van der Waals surface area contributed by atoms with E-state index in [0.29, 0.717) is 13.0 Å². The van der Waals surface area contributed by atoms with Crippen LogP contribution in [0.1, 0.15) is 53.9 Å². The van der Waals surface area contributed by atoms with Crippen LogP contribution in [0.2, 0.25) is 0 Å². The maximum atomic E-state index is 12.3. The number of hydrogen-bond acceptors (Lipinski definition) is 3. The van der Waals surface area contributed by atoms with Crippen LogP contribution in [0.15, 0.2) is 0 Å². The highest BCUT2D eigenvalue weighted by molar-refractivity contribution is 7.93. The quantitative estimate of drug-likeness (QED) is 0.771. The van der Waals surface area contributed by atoms with E-state index in [1.807, 2.05) is 0 Å². The summed E-state index contributed by atoms with van der Waals surface area (Å²) in [5.41, 5.74) is -0.205. The van der Waals surface area contributed by atoms with Crippen molar-refractivity contribution in [3.63, 3.8) is 0 Å². The molecule has 0 aromatic carbocycles. The van der Waals surface area contributed by atoms with Crippen molar-refractivity contribution in [2.75, 3.05) is 6.61 Å². The lowest BCUT2D eigenvalue weighted by Crippen LogP contribution is -2.38. The Morgan fingerprint density at radius 2 is 1.75 bits per heavy atom. The van der Waals surface area contributed by atoms with Crippen molar-refractivity contribution in [2.45, 2.75) is 69.5 Å². The average molecular weight is 248 g/mol. The maximum Gasteiger partial charge on any atom is 0.160 e. The van der Waals surface area contributed by atoms with Gasteiger partial charge in [0.1, 0.15) is 0 Å². The summed E-state index contributed by atoms with van der Waals surface area (Å²) < 4.78 is 29.7. The van der Waals surface area contributed by atoms with Crippen LogP contribution in [0.25, 0.3) is 0 Å². The third-order valence-corrected chi connectivity index (χ3v) is 6.64. The summed E-state index contributed by atoms with van der Waals surface area (Å²) in [6.45, 7) is 9.78. The van der Waals surface area contributed by atoms with Gasteiger partial charge in [0.05, 0.1) is 22.2 Å². The minimum Gasteiger partial charge on any atom is -0.374 e. The summed E-state index contributed by atoms with van der Waals surface area (Å²) in [5.74, 6) is 0. The molecule has 1 aliphatic heterocycles. The highest BCUT2D eigenvalue weighted by Gasteiger charge is 2.47. The lowest BCUT2D eigenvalue weighted by molar-refractivity contribution is -0.00185. The molecule has 4 heteroatoms. The molecule has 0 N–H and O–H groups in total. The third kappa shape index (κ3) is 2.28. The molecule has 16 heavy (non-hydrogen) atoms. The largest absolute Gasteiger partial charge is 0.374 e. The van der Waals surface area contributed by atoms with Gasteiger partial charge in [-0.25, -0.2) is 8.42 Å². The fourth-order valence-corrected chi connectivity index (χ4v) is 4.01. The van der Waals surface area contributed by atoms with Gasteiger partial charge in [-0.3, -0.25) is 0 Å². The summed E-state index contributed by atoms with van der Waals surface area (Å²) >= 11 is 0. The van der Waals surface area contributed by atoms with Crippen LogP contribution < -0.4 is 0 Å². The summed E-state index contributed by atoms with van der Waals surface area (Å²) in [5, 5.41) is -0.326. The molecule has 1 atom stereocenters. The van der Waals surface area contributed by atoms with Gasteiger partial charge in [-0.1, -0.05) is 13.8 Å². The number of hydrogen-bond donors (Lipinski definition) is 0. The van der Waals surface area contributed by atoms with Crippen LogP contribution in [0.3, 0.4) is 0 Å². The Morgan fingerprint density at radius 1 is 1.25 bits per heavy atom. The van der Waals surface area contributed by atoms with Crippen molar-refractivity contribution in [1.29, 1.82) is 0 Å². The molecule has 3 nitrogen and oxygen atoms in total. The normalized spacial score (nSPS) is 25.9. The molecule has 0 amide bonds. The lowest BCUT2D eigenvalue weighted by atomic mass is 9.94. The van der Waals surface area contributed by atoms with Crippen LogP contribution in [0.4, 0.5) is 0 Å². The molecular weight excluding hydrogens is 224 g/mol. The standard InChI is InChI=1S/C12H24O3S/c1-6-12(7-2)8-10(9-15-12)16(13,14)11(3,4)5/h10H,6-9H2,1-5H3. The fourth-order valence-electron chi connectivity index (χ4n) is 2.24. The minimum absolute atomic E-state index is 0.205. The van der Waals surface area contributed by atoms with Crippen LogP contribution >= 0.6 is 0 Å². The Labute approximate surface area is 99.5 Å². The predicted molar refractivity (Wildman–Crippen MR) is 66.3 cm³/mol. The van der Waals surface area contributed by atoms with Gasteiger partial charge in [0.25, 0.3) is 0 Å². The highest BCUT2D eigenvalue weighted by atomic mass is 32.2. The van der Waals surface area contributed by atoms with E-state index in [9.17, 15) is 8.42 Å². The van der Waals surface area contributed by atoms with Crippen LogP contribution in [0.5, 0.6) is 0 Å². The van der Waals surface area contributed by atoms with Crippen LogP contribution in [-0.2, 0) is 14.6 Å². The minimum atomic E-state index is -3.09. The molecule has 0 saturated carbocycles. The van der Waals surface area contributed by atoms with Gasteiger partial charge in [0.2, 0.25) is 0 Å². The second kappa shape index (κ2) is 4.30. The molecule has 1 rings (SSSR count). The van der Waals surface area contributed by atoms with Crippen molar-refractivity contribution < 1.29 is 13.2 Å². The first kappa shape index (κ1) is 14.0. The van der Waals surface area contributed by atoms with Gasteiger partial charge >= 0.3 is 0 Å². The van der Waals surface area contributed by atoms with Crippen molar-refractivity contribution >= 4 is 9.84 Å². The van der Waals surface area contributed by atoms with Gasteiger partial charge < -0.3 is 4.74 Å². The van der Waals surface area contributed by atoms with E-state index in [4.69, 9.17) is 4.74 Å². The van der Waals surface area contributed by atoms with E-state index in [1.165, 1.54) is 0 Å². The van der Waals surface area contributed by atoms with E-state index in [0.717, 1.165) is 12.8 Å². The molecule has 0 aromatic rings. The molecule has 0 spiro atoms. The molecule has 0 bridgehead atoms. The molecule has 0 aliphatic carbocycles. The number of sulfone groups is 1. The van der Waals surface area contributed by atoms with E-state index in [2.05, 4.69) is 13.8 Å². The molecule has 1 fully saturated rings. The topological polar surface area (TPSA) is 43.4 Å². The zero-order chi connectivity index (χ0) is 12.6. The Hall–Kier alpha value is -0.0900. The van der Waals surface area contributed by atoms with Gasteiger partial charge in [-0.2, -0.15) is 0 Å². The highest BCUT2D eigenvalue weighted by Crippen LogP contribution is 2.38. The van der Waals surface area contributed by atoms with Gasteiger partial charge in [-0.15, -0.1) is 0 Å². The zero-order valence-electron chi connectivity index (χ0n) is 11.0.